The van der Waals surface area contributed by atoms with Gasteiger partial charge < -0.3 is 5.11 Å². The second kappa shape index (κ2) is 2.74. The summed E-state index contributed by atoms with van der Waals surface area (Å²) in [7, 11) is 0. The zero-order valence-corrected chi connectivity index (χ0v) is 7.19. The second-order valence-corrected chi connectivity index (χ2v) is 2.83. The average Bonchev–Trinajstić information content (AvgIpc) is 2.45. The molecule has 13 heavy (non-hydrogen) atoms. The van der Waals surface area contributed by atoms with Gasteiger partial charge in [0.15, 0.2) is 5.69 Å². The number of rotatable bonds is 1. The molecule has 0 amide bonds. The van der Waals surface area contributed by atoms with Crippen molar-refractivity contribution in [3.63, 3.8) is 0 Å². The molecule has 2 aromatic rings. The summed E-state index contributed by atoms with van der Waals surface area (Å²) in [5.41, 5.74) is 0.477. The molecule has 4 nitrogen and oxygen atoms in total. The van der Waals surface area contributed by atoms with Crippen LogP contribution in [-0.4, -0.2) is 20.5 Å². The van der Waals surface area contributed by atoms with Crippen molar-refractivity contribution in [2.24, 2.45) is 0 Å². The molecule has 0 aliphatic carbocycles. The van der Waals surface area contributed by atoms with Crippen LogP contribution in [0.25, 0.3) is 5.52 Å². The fourth-order valence-corrected chi connectivity index (χ4v) is 1.39. The van der Waals surface area contributed by atoms with Gasteiger partial charge in [-0.1, -0.05) is 6.07 Å². The van der Waals surface area contributed by atoms with Gasteiger partial charge in [-0.15, -0.1) is 0 Å². The summed E-state index contributed by atoms with van der Waals surface area (Å²) in [6, 6.07) is 5.15. The molecule has 66 valence electrons. The van der Waals surface area contributed by atoms with Crippen molar-refractivity contribution in [1.82, 2.24) is 9.38 Å². The summed E-state index contributed by atoms with van der Waals surface area (Å²) < 4.78 is 1.52. The van der Waals surface area contributed by atoms with Crippen LogP contribution in [0.1, 0.15) is 10.5 Å². The van der Waals surface area contributed by atoms with Crippen LogP contribution < -0.4 is 0 Å². The Hall–Kier alpha value is -1.55. The molecule has 0 aliphatic rings. The van der Waals surface area contributed by atoms with Gasteiger partial charge in [0.2, 0.25) is 5.28 Å². The van der Waals surface area contributed by atoms with Crippen LogP contribution in [-0.2, 0) is 0 Å². The predicted octanol–water partition coefficient (Wildman–Crippen LogP) is 1.69. The van der Waals surface area contributed by atoms with E-state index in [1.165, 1.54) is 4.40 Å². The first kappa shape index (κ1) is 8.07. The van der Waals surface area contributed by atoms with Crippen molar-refractivity contribution in [2.45, 2.75) is 0 Å². The molecule has 0 unspecified atom stereocenters. The predicted molar refractivity (Wildman–Crippen MR) is 47.2 cm³/mol. The molecule has 0 bridgehead atoms. The van der Waals surface area contributed by atoms with Crippen LogP contribution in [0, 0.1) is 0 Å². The summed E-state index contributed by atoms with van der Waals surface area (Å²) in [5.74, 6) is -1.07. The van der Waals surface area contributed by atoms with E-state index in [1.807, 2.05) is 0 Å². The van der Waals surface area contributed by atoms with Crippen LogP contribution in [0.2, 0.25) is 5.28 Å². The Labute approximate surface area is 78.4 Å². The lowest BCUT2D eigenvalue weighted by molar-refractivity contribution is 0.0693. The van der Waals surface area contributed by atoms with Crippen molar-refractivity contribution >= 4 is 23.1 Å². The zero-order chi connectivity index (χ0) is 9.42. The van der Waals surface area contributed by atoms with E-state index >= 15 is 0 Å². The van der Waals surface area contributed by atoms with Crippen LogP contribution in [0.5, 0.6) is 0 Å². The number of aromatic nitrogens is 2. The highest BCUT2D eigenvalue weighted by molar-refractivity contribution is 6.29. The topological polar surface area (TPSA) is 54.6 Å². The molecule has 0 saturated heterocycles. The third-order valence-corrected chi connectivity index (χ3v) is 1.97. The Morgan fingerprint density at radius 1 is 1.54 bits per heavy atom. The maximum atomic E-state index is 10.7. The first-order chi connectivity index (χ1) is 6.20. The first-order valence-electron chi connectivity index (χ1n) is 3.56. The van der Waals surface area contributed by atoms with Gasteiger partial charge in [0, 0.05) is 6.20 Å². The largest absolute Gasteiger partial charge is 0.476 e. The number of fused-ring (bicyclic) bond motifs is 1. The number of imidazole rings is 1. The number of halogens is 1. The van der Waals surface area contributed by atoms with Gasteiger partial charge in [-0.3, -0.25) is 4.40 Å². The van der Waals surface area contributed by atoms with Gasteiger partial charge in [0.1, 0.15) is 0 Å². The minimum Gasteiger partial charge on any atom is -0.476 e. The molecule has 1 N–H and O–H groups in total. The van der Waals surface area contributed by atoms with Gasteiger partial charge in [0.05, 0.1) is 5.52 Å². The van der Waals surface area contributed by atoms with Gasteiger partial charge >= 0.3 is 5.97 Å². The van der Waals surface area contributed by atoms with Crippen molar-refractivity contribution < 1.29 is 9.90 Å². The molecule has 0 atom stereocenters. The quantitative estimate of drug-likeness (QED) is 0.755. The number of carboxylic acid groups (broad SMARTS) is 1. The molecule has 0 saturated carbocycles. The highest BCUT2D eigenvalue weighted by Gasteiger charge is 2.14. The van der Waals surface area contributed by atoms with Crippen molar-refractivity contribution in [3.8, 4) is 0 Å². The fraction of sp³-hybridized carbons (Fsp3) is 0. The normalized spacial score (nSPS) is 10.5. The van der Waals surface area contributed by atoms with Crippen LogP contribution in [0.15, 0.2) is 24.4 Å². The first-order valence-corrected chi connectivity index (χ1v) is 3.94. The summed E-state index contributed by atoms with van der Waals surface area (Å²) in [5, 5.41) is 8.92. The SMILES string of the molecule is O=C(O)c1nc(Cl)n2ccccc12. The lowest BCUT2D eigenvalue weighted by Gasteiger charge is -1.92. The Bertz CT molecular complexity index is 478. The Balaban J connectivity index is 2.85. The van der Waals surface area contributed by atoms with Gasteiger partial charge in [0.25, 0.3) is 0 Å². The van der Waals surface area contributed by atoms with E-state index in [2.05, 4.69) is 4.98 Å². The van der Waals surface area contributed by atoms with E-state index in [1.54, 1.807) is 24.4 Å². The Morgan fingerprint density at radius 3 is 3.00 bits per heavy atom. The number of nitrogens with zero attached hydrogens (tertiary/aromatic N) is 2. The summed E-state index contributed by atoms with van der Waals surface area (Å²) in [6.45, 7) is 0. The van der Waals surface area contributed by atoms with E-state index in [9.17, 15) is 4.79 Å². The van der Waals surface area contributed by atoms with E-state index in [4.69, 9.17) is 16.7 Å². The smallest absolute Gasteiger partial charge is 0.356 e. The van der Waals surface area contributed by atoms with Crippen LogP contribution in [0.4, 0.5) is 0 Å². The molecule has 2 heterocycles. The third-order valence-electron chi connectivity index (χ3n) is 1.71. The summed E-state index contributed by atoms with van der Waals surface area (Å²) >= 11 is 5.71. The molecule has 0 fully saturated rings. The third kappa shape index (κ3) is 1.15. The van der Waals surface area contributed by atoms with E-state index in [0.29, 0.717) is 5.52 Å². The maximum Gasteiger partial charge on any atom is 0.356 e. The minimum absolute atomic E-state index is 0.0226. The molecule has 0 aliphatic heterocycles. The van der Waals surface area contributed by atoms with E-state index in [-0.39, 0.29) is 11.0 Å². The number of carboxylic acids is 1. The van der Waals surface area contributed by atoms with Gasteiger partial charge in [-0.2, -0.15) is 0 Å². The molecule has 2 aromatic heterocycles. The maximum absolute atomic E-state index is 10.7. The van der Waals surface area contributed by atoms with E-state index in [0.717, 1.165) is 0 Å². The molecule has 0 spiro atoms. The number of aromatic carboxylic acids is 1. The lowest BCUT2D eigenvalue weighted by Crippen LogP contribution is -1.96. The highest BCUT2D eigenvalue weighted by Crippen LogP contribution is 2.16. The Kier molecular flexibility index (Phi) is 1.70. The monoisotopic (exact) mass is 196 g/mol. The van der Waals surface area contributed by atoms with Crippen molar-refractivity contribution in [1.29, 1.82) is 0 Å². The lowest BCUT2D eigenvalue weighted by atomic mass is 10.3. The van der Waals surface area contributed by atoms with Gasteiger partial charge in [-0.25, -0.2) is 9.78 Å². The van der Waals surface area contributed by atoms with Gasteiger partial charge in [-0.05, 0) is 23.7 Å². The zero-order valence-electron chi connectivity index (χ0n) is 6.44. The minimum atomic E-state index is -1.07. The Morgan fingerprint density at radius 2 is 2.31 bits per heavy atom. The number of hydrogen-bond donors (Lipinski definition) is 1. The molecule has 0 aromatic carbocycles. The fourth-order valence-electron chi connectivity index (χ4n) is 1.16. The molecular formula is C8H5ClN2O2. The van der Waals surface area contributed by atoms with Crippen molar-refractivity contribution in [3.05, 3.63) is 35.4 Å². The standard InChI is InChI=1S/C8H5ClN2O2/c9-8-10-6(7(12)13)5-3-1-2-4-11(5)8/h1-4H,(H,12,13). The van der Waals surface area contributed by atoms with Crippen LogP contribution >= 0.6 is 11.6 Å². The van der Waals surface area contributed by atoms with Crippen molar-refractivity contribution in [2.75, 3.05) is 0 Å². The summed E-state index contributed by atoms with van der Waals surface area (Å²) in [6.07, 6.45) is 1.66. The number of hydrogen-bond acceptors (Lipinski definition) is 2. The number of pyridine rings is 1. The second-order valence-electron chi connectivity index (χ2n) is 2.49. The summed E-state index contributed by atoms with van der Waals surface area (Å²) in [4.78, 5) is 14.4. The van der Waals surface area contributed by atoms with E-state index < -0.39 is 5.97 Å². The molecule has 2 rings (SSSR count). The molecular weight excluding hydrogens is 192 g/mol. The van der Waals surface area contributed by atoms with Crippen LogP contribution in [0.3, 0.4) is 0 Å². The molecule has 0 radical (unpaired) electrons. The molecule has 5 heteroatoms. The highest BCUT2D eigenvalue weighted by atomic mass is 35.5. The average molecular weight is 197 g/mol. The number of carbonyl (C=O) groups is 1.